The molecule has 0 fully saturated rings. The van der Waals surface area contributed by atoms with E-state index in [4.69, 9.17) is 9.05 Å². The van der Waals surface area contributed by atoms with Crippen LogP contribution in [0.2, 0.25) is 0 Å². The van der Waals surface area contributed by atoms with Crippen molar-refractivity contribution < 1.29 is 18.7 Å². The number of rotatable bonds is 5. The van der Waals surface area contributed by atoms with Gasteiger partial charge in [-0.1, -0.05) is 6.07 Å². The van der Waals surface area contributed by atoms with Crippen molar-refractivity contribution in [1.29, 1.82) is 0 Å². The van der Waals surface area contributed by atoms with Gasteiger partial charge < -0.3 is 14.2 Å². The van der Waals surface area contributed by atoms with Crippen LogP contribution in [0.5, 0.6) is 5.75 Å². The summed E-state index contributed by atoms with van der Waals surface area (Å²) in [5.74, 6) is -0.0594. The van der Waals surface area contributed by atoms with Crippen LogP contribution in [0.15, 0.2) is 18.2 Å². The van der Waals surface area contributed by atoms with Crippen LogP contribution in [0, 0.1) is 6.92 Å². The SMILES string of the molecule is CCOP(=O)(OCC)c1cc(C)ccc1O. The van der Waals surface area contributed by atoms with E-state index in [9.17, 15) is 9.67 Å². The highest BCUT2D eigenvalue weighted by Gasteiger charge is 2.29. The first-order chi connectivity index (χ1) is 7.53. The van der Waals surface area contributed by atoms with Gasteiger partial charge in [0.2, 0.25) is 0 Å². The fourth-order valence-corrected chi connectivity index (χ4v) is 3.12. The molecule has 0 saturated heterocycles. The standard InChI is InChI=1S/C11H17O4P/c1-4-14-16(13,15-5-2)11-8-9(3)6-7-10(11)12/h6-8,12H,4-5H2,1-3H3. The summed E-state index contributed by atoms with van der Waals surface area (Å²) in [4.78, 5) is 0. The molecule has 0 atom stereocenters. The van der Waals surface area contributed by atoms with Crippen molar-refractivity contribution in [2.24, 2.45) is 0 Å². The van der Waals surface area contributed by atoms with Gasteiger partial charge in [-0.05, 0) is 38.5 Å². The molecule has 0 aliphatic carbocycles. The molecule has 1 aromatic rings. The minimum Gasteiger partial charge on any atom is -0.507 e. The summed E-state index contributed by atoms with van der Waals surface area (Å²) in [5.41, 5.74) is 0.896. The Morgan fingerprint density at radius 2 is 1.81 bits per heavy atom. The van der Waals surface area contributed by atoms with Crippen LogP contribution in [0.1, 0.15) is 19.4 Å². The summed E-state index contributed by atoms with van der Waals surface area (Å²) in [6, 6.07) is 4.86. The second kappa shape index (κ2) is 5.48. The summed E-state index contributed by atoms with van der Waals surface area (Å²) in [6.45, 7) is 5.86. The van der Waals surface area contributed by atoms with Gasteiger partial charge in [0.1, 0.15) is 11.1 Å². The second-order valence-corrected chi connectivity index (χ2v) is 5.32. The van der Waals surface area contributed by atoms with Crippen LogP contribution >= 0.6 is 7.60 Å². The fourth-order valence-electron chi connectivity index (χ4n) is 1.37. The Bertz CT molecular complexity index is 393. The van der Waals surface area contributed by atoms with Gasteiger partial charge in [0.25, 0.3) is 0 Å². The molecule has 1 N–H and O–H groups in total. The van der Waals surface area contributed by atoms with Gasteiger partial charge in [0.15, 0.2) is 0 Å². The minimum absolute atomic E-state index is 0.0594. The average molecular weight is 244 g/mol. The molecule has 16 heavy (non-hydrogen) atoms. The Hall–Kier alpha value is -0.830. The normalized spacial score (nSPS) is 11.7. The maximum atomic E-state index is 12.4. The van der Waals surface area contributed by atoms with Crippen molar-refractivity contribution in [2.75, 3.05) is 13.2 Å². The highest BCUT2D eigenvalue weighted by atomic mass is 31.2. The first kappa shape index (κ1) is 13.2. The summed E-state index contributed by atoms with van der Waals surface area (Å²) in [6.07, 6.45) is 0. The van der Waals surface area contributed by atoms with Gasteiger partial charge >= 0.3 is 7.60 Å². The Morgan fingerprint density at radius 1 is 1.25 bits per heavy atom. The quantitative estimate of drug-likeness (QED) is 0.809. The van der Waals surface area contributed by atoms with Crippen molar-refractivity contribution in [2.45, 2.75) is 20.8 Å². The monoisotopic (exact) mass is 244 g/mol. The van der Waals surface area contributed by atoms with Gasteiger partial charge in [0.05, 0.1) is 13.2 Å². The molecule has 90 valence electrons. The van der Waals surface area contributed by atoms with Gasteiger partial charge in [-0.15, -0.1) is 0 Å². The van der Waals surface area contributed by atoms with Crippen molar-refractivity contribution in [1.82, 2.24) is 0 Å². The summed E-state index contributed by atoms with van der Waals surface area (Å²) in [5, 5.41) is 9.92. The average Bonchev–Trinajstić information content (AvgIpc) is 2.22. The predicted molar refractivity (Wildman–Crippen MR) is 63.3 cm³/mol. The zero-order chi connectivity index (χ0) is 12.2. The molecule has 0 aromatic heterocycles. The molecule has 0 amide bonds. The molecule has 0 heterocycles. The van der Waals surface area contributed by atoms with Crippen molar-refractivity contribution in [3.8, 4) is 5.75 Å². The molecular formula is C11H17O4P. The molecule has 1 rings (SSSR count). The molecule has 1 aromatic carbocycles. The van der Waals surface area contributed by atoms with E-state index in [2.05, 4.69) is 0 Å². The van der Waals surface area contributed by atoms with Gasteiger partial charge in [-0.3, -0.25) is 4.57 Å². The molecule has 0 unspecified atom stereocenters. The maximum absolute atomic E-state index is 12.4. The number of benzene rings is 1. The zero-order valence-corrected chi connectivity index (χ0v) is 10.7. The first-order valence-corrected chi connectivity index (χ1v) is 6.77. The van der Waals surface area contributed by atoms with E-state index in [-0.39, 0.29) is 24.3 Å². The van der Waals surface area contributed by atoms with Crippen LogP contribution < -0.4 is 5.30 Å². The lowest BCUT2D eigenvalue weighted by atomic mass is 10.2. The molecule has 0 aliphatic rings. The predicted octanol–water partition coefficient (Wildman–Crippen LogP) is 2.59. The molecule has 0 spiro atoms. The lowest BCUT2D eigenvalue weighted by Gasteiger charge is -2.18. The topological polar surface area (TPSA) is 55.8 Å². The Balaban J connectivity index is 3.20. The summed E-state index contributed by atoms with van der Waals surface area (Å²) < 4.78 is 22.7. The largest absolute Gasteiger partial charge is 0.507 e. The number of aromatic hydroxyl groups is 1. The molecule has 0 saturated carbocycles. The number of phenols is 1. The van der Waals surface area contributed by atoms with E-state index in [0.29, 0.717) is 0 Å². The molecular weight excluding hydrogens is 227 g/mol. The van der Waals surface area contributed by atoms with Crippen molar-refractivity contribution >= 4 is 12.9 Å². The Kier molecular flexibility index (Phi) is 4.54. The van der Waals surface area contributed by atoms with E-state index >= 15 is 0 Å². The number of hydrogen-bond acceptors (Lipinski definition) is 4. The Morgan fingerprint density at radius 3 is 2.31 bits per heavy atom. The van der Waals surface area contributed by atoms with Crippen LogP contribution in [-0.4, -0.2) is 18.3 Å². The van der Waals surface area contributed by atoms with E-state index < -0.39 is 7.60 Å². The van der Waals surface area contributed by atoms with Crippen molar-refractivity contribution in [3.05, 3.63) is 23.8 Å². The van der Waals surface area contributed by atoms with Crippen LogP contribution in [0.4, 0.5) is 0 Å². The highest BCUT2D eigenvalue weighted by molar-refractivity contribution is 7.62. The molecule has 5 heteroatoms. The summed E-state index contributed by atoms with van der Waals surface area (Å²) in [7, 11) is -3.39. The summed E-state index contributed by atoms with van der Waals surface area (Å²) >= 11 is 0. The minimum atomic E-state index is -3.39. The highest BCUT2D eigenvalue weighted by Crippen LogP contribution is 2.49. The molecule has 0 aliphatic heterocycles. The third kappa shape index (κ3) is 2.85. The smallest absolute Gasteiger partial charge is 0.365 e. The van der Waals surface area contributed by atoms with Gasteiger partial charge in [0, 0.05) is 0 Å². The van der Waals surface area contributed by atoms with Gasteiger partial charge in [-0.25, -0.2) is 0 Å². The maximum Gasteiger partial charge on any atom is 0.365 e. The molecule has 4 nitrogen and oxygen atoms in total. The van der Waals surface area contributed by atoms with E-state index in [1.54, 1.807) is 26.0 Å². The lowest BCUT2D eigenvalue weighted by molar-refractivity contribution is 0.229. The third-order valence-corrected chi connectivity index (χ3v) is 4.17. The van der Waals surface area contributed by atoms with Crippen LogP contribution in [0.25, 0.3) is 0 Å². The van der Waals surface area contributed by atoms with Crippen LogP contribution in [-0.2, 0) is 13.6 Å². The number of hydrogen-bond donors (Lipinski definition) is 1. The van der Waals surface area contributed by atoms with Crippen molar-refractivity contribution in [3.63, 3.8) is 0 Å². The van der Waals surface area contributed by atoms with Crippen LogP contribution in [0.3, 0.4) is 0 Å². The lowest BCUT2D eigenvalue weighted by Crippen LogP contribution is -2.11. The first-order valence-electron chi connectivity index (χ1n) is 5.22. The molecule has 0 bridgehead atoms. The van der Waals surface area contributed by atoms with E-state index in [1.165, 1.54) is 6.07 Å². The zero-order valence-electron chi connectivity index (χ0n) is 9.77. The molecule has 0 radical (unpaired) electrons. The third-order valence-electron chi connectivity index (χ3n) is 2.02. The second-order valence-electron chi connectivity index (χ2n) is 3.33. The van der Waals surface area contributed by atoms with E-state index in [1.807, 2.05) is 6.92 Å². The van der Waals surface area contributed by atoms with E-state index in [0.717, 1.165) is 5.56 Å². The number of aryl methyl sites for hydroxylation is 1. The van der Waals surface area contributed by atoms with Gasteiger partial charge in [-0.2, -0.15) is 0 Å². The Labute approximate surface area is 95.7 Å². The fraction of sp³-hybridized carbons (Fsp3) is 0.455. The number of phenolic OH excluding ortho intramolecular Hbond substituents is 1.